The van der Waals surface area contributed by atoms with E-state index < -0.39 is 7.60 Å². The van der Waals surface area contributed by atoms with E-state index >= 15 is 0 Å². The average molecular weight is 338 g/mol. The van der Waals surface area contributed by atoms with Gasteiger partial charge in [-0.25, -0.2) is 4.57 Å². The molecule has 0 fully saturated rings. The lowest BCUT2D eigenvalue weighted by atomic mass is 10.2. The Balaban J connectivity index is 2.04. The van der Waals surface area contributed by atoms with E-state index in [9.17, 15) is 4.57 Å². The summed E-state index contributed by atoms with van der Waals surface area (Å²) in [6.45, 7) is 2.02. The summed E-state index contributed by atoms with van der Waals surface area (Å²) in [7, 11) is -3.57. The molecule has 4 heteroatoms. The highest BCUT2D eigenvalue weighted by Crippen LogP contribution is 2.48. The van der Waals surface area contributed by atoms with Crippen molar-refractivity contribution >= 4 is 12.9 Å². The van der Waals surface area contributed by atoms with Crippen molar-refractivity contribution in [2.24, 2.45) is 0 Å². The second-order valence-corrected chi connectivity index (χ2v) is 7.13. The summed E-state index contributed by atoms with van der Waals surface area (Å²) in [5, 5.41) is 0.597. The van der Waals surface area contributed by atoms with E-state index in [0.717, 1.165) is 12.0 Å². The monoisotopic (exact) mass is 338 g/mol. The normalized spacial score (nSPS) is 11.0. The van der Waals surface area contributed by atoms with Gasteiger partial charge in [0.15, 0.2) is 0 Å². The SMILES string of the molecule is CCc1ccccc1P(=O)(Oc1ccccc1)Oc1ccccc1. The first-order chi connectivity index (χ1) is 11.7. The molecule has 0 heterocycles. The lowest BCUT2D eigenvalue weighted by Gasteiger charge is -2.22. The molecule has 3 rings (SSSR count). The fourth-order valence-electron chi connectivity index (χ4n) is 2.43. The van der Waals surface area contributed by atoms with Crippen LogP contribution >= 0.6 is 7.60 Å². The summed E-state index contributed by atoms with van der Waals surface area (Å²) in [6.07, 6.45) is 0.746. The smallest absolute Gasteiger partial charge is 0.413 e. The molecule has 0 aliphatic rings. The molecule has 24 heavy (non-hydrogen) atoms. The van der Waals surface area contributed by atoms with Gasteiger partial charge in [0.05, 0.1) is 5.30 Å². The summed E-state index contributed by atoms with van der Waals surface area (Å²) < 4.78 is 25.4. The van der Waals surface area contributed by atoms with Crippen LogP contribution in [0.1, 0.15) is 12.5 Å². The maximum absolute atomic E-state index is 13.7. The van der Waals surface area contributed by atoms with Crippen LogP contribution in [0.25, 0.3) is 0 Å². The predicted octanol–water partition coefficient (Wildman–Crippen LogP) is 5.23. The summed E-state index contributed by atoms with van der Waals surface area (Å²) in [6, 6.07) is 25.8. The number of para-hydroxylation sites is 2. The highest BCUT2D eigenvalue weighted by molar-refractivity contribution is 7.63. The molecule has 0 saturated heterocycles. The fraction of sp³-hybridized carbons (Fsp3) is 0.100. The largest absolute Gasteiger partial charge is 0.463 e. The molecule has 0 radical (unpaired) electrons. The van der Waals surface area contributed by atoms with Crippen LogP contribution in [0.2, 0.25) is 0 Å². The molecule has 3 nitrogen and oxygen atoms in total. The number of hydrogen-bond acceptors (Lipinski definition) is 3. The number of hydrogen-bond donors (Lipinski definition) is 0. The van der Waals surface area contributed by atoms with Gasteiger partial charge in [-0.3, -0.25) is 0 Å². The van der Waals surface area contributed by atoms with Crippen molar-refractivity contribution < 1.29 is 13.6 Å². The lowest BCUT2D eigenvalue weighted by Crippen LogP contribution is -2.18. The van der Waals surface area contributed by atoms with Gasteiger partial charge in [-0.1, -0.05) is 61.5 Å². The molecule has 0 N–H and O–H groups in total. The van der Waals surface area contributed by atoms with Gasteiger partial charge < -0.3 is 9.05 Å². The Hall–Kier alpha value is -2.51. The Kier molecular flexibility index (Phi) is 5.02. The first-order valence-electron chi connectivity index (χ1n) is 7.89. The van der Waals surface area contributed by atoms with E-state index in [1.807, 2.05) is 67.6 Å². The van der Waals surface area contributed by atoms with E-state index in [4.69, 9.17) is 9.05 Å². The highest BCUT2D eigenvalue weighted by atomic mass is 31.2. The van der Waals surface area contributed by atoms with Crippen LogP contribution in [0.15, 0.2) is 84.9 Å². The zero-order valence-electron chi connectivity index (χ0n) is 13.5. The Labute approximate surface area is 142 Å². The molecular formula is C20H19O3P. The summed E-state index contributed by atoms with van der Waals surface area (Å²) in [5.41, 5.74) is 0.952. The molecule has 0 aromatic heterocycles. The number of aryl methyl sites for hydroxylation is 1. The topological polar surface area (TPSA) is 35.5 Å². The molecule has 3 aromatic carbocycles. The van der Waals surface area contributed by atoms with Gasteiger partial charge in [0.1, 0.15) is 11.5 Å². The van der Waals surface area contributed by atoms with E-state index in [-0.39, 0.29) is 0 Å². The minimum Gasteiger partial charge on any atom is -0.413 e. The van der Waals surface area contributed by atoms with Crippen LogP contribution < -0.4 is 14.4 Å². The number of benzene rings is 3. The van der Waals surface area contributed by atoms with Crippen LogP contribution in [0.3, 0.4) is 0 Å². The van der Waals surface area contributed by atoms with Crippen LogP contribution in [-0.4, -0.2) is 0 Å². The Bertz CT molecular complexity index is 786. The fourth-order valence-corrected chi connectivity index (χ4v) is 4.32. The quantitative estimate of drug-likeness (QED) is 0.578. The molecule has 0 unspecified atom stereocenters. The Morgan fingerprint density at radius 2 is 1.17 bits per heavy atom. The van der Waals surface area contributed by atoms with Gasteiger partial charge in [0.2, 0.25) is 0 Å². The maximum atomic E-state index is 13.7. The van der Waals surface area contributed by atoms with Crippen LogP contribution in [0, 0.1) is 0 Å². The molecule has 0 aliphatic carbocycles. The van der Waals surface area contributed by atoms with Gasteiger partial charge >= 0.3 is 7.60 Å². The van der Waals surface area contributed by atoms with Crippen molar-refractivity contribution in [2.45, 2.75) is 13.3 Å². The third-order valence-corrected chi connectivity index (χ3v) is 5.53. The van der Waals surface area contributed by atoms with Crippen molar-refractivity contribution in [1.82, 2.24) is 0 Å². The molecule has 0 saturated carbocycles. The zero-order chi connectivity index (χ0) is 16.8. The van der Waals surface area contributed by atoms with E-state index in [0.29, 0.717) is 16.8 Å². The first-order valence-corrected chi connectivity index (χ1v) is 9.43. The van der Waals surface area contributed by atoms with Gasteiger partial charge in [-0.05, 0) is 42.3 Å². The molecule has 0 spiro atoms. The average Bonchev–Trinajstić information content (AvgIpc) is 2.63. The standard InChI is InChI=1S/C20H19O3P/c1-2-17-11-9-10-16-20(17)24(21,22-18-12-5-3-6-13-18)23-19-14-7-4-8-15-19/h3-16H,2H2,1H3. The number of rotatable bonds is 6. The predicted molar refractivity (Wildman–Crippen MR) is 97.2 cm³/mol. The Morgan fingerprint density at radius 3 is 1.67 bits per heavy atom. The third kappa shape index (κ3) is 3.69. The molecule has 0 bridgehead atoms. The zero-order valence-corrected chi connectivity index (χ0v) is 14.4. The van der Waals surface area contributed by atoms with Crippen molar-refractivity contribution in [3.63, 3.8) is 0 Å². The van der Waals surface area contributed by atoms with Gasteiger partial charge in [0, 0.05) is 0 Å². The van der Waals surface area contributed by atoms with E-state index in [2.05, 4.69) is 0 Å². The van der Waals surface area contributed by atoms with Crippen LogP contribution in [-0.2, 0) is 11.0 Å². The molecule has 0 atom stereocenters. The van der Waals surface area contributed by atoms with Crippen molar-refractivity contribution in [3.8, 4) is 11.5 Å². The minimum atomic E-state index is -3.57. The highest BCUT2D eigenvalue weighted by Gasteiger charge is 2.33. The minimum absolute atomic E-state index is 0.516. The second kappa shape index (κ2) is 7.37. The summed E-state index contributed by atoms with van der Waals surface area (Å²) in [5.74, 6) is 1.03. The molecule has 122 valence electrons. The second-order valence-electron chi connectivity index (χ2n) is 5.29. The third-order valence-electron chi connectivity index (χ3n) is 3.61. The van der Waals surface area contributed by atoms with Crippen molar-refractivity contribution in [1.29, 1.82) is 0 Å². The van der Waals surface area contributed by atoms with Gasteiger partial charge in [-0.15, -0.1) is 0 Å². The van der Waals surface area contributed by atoms with Crippen molar-refractivity contribution in [3.05, 3.63) is 90.5 Å². The van der Waals surface area contributed by atoms with Crippen LogP contribution in [0.4, 0.5) is 0 Å². The molecule has 0 aliphatic heterocycles. The summed E-state index contributed by atoms with van der Waals surface area (Å²) in [4.78, 5) is 0. The molecule has 3 aromatic rings. The Morgan fingerprint density at radius 1 is 0.708 bits per heavy atom. The van der Waals surface area contributed by atoms with Gasteiger partial charge in [0.25, 0.3) is 0 Å². The van der Waals surface area contributed by atoms with Crippen molar-refractivity contribution in [2.75, 3.05) is 0 Å². The maximum Gasteiger partial charge on any atom is 0.463 e. The first kappa shape index (κ1) is 16.4. The van der Waals surface area contributed by atoms with E-state index in [1.165, 1.54) is 0 Å². The van der Waals surface area contributed by atoms with E-state index in [1.54, 1.807) is 24.3 Å². The summed E-state index contributed by atoms with van der Waals surface area (Å²) >= 11 is 0. The van der Waals surface area contributed by atoms with Crippen LogP contribution in [0.5, 0.6) is 11.5 Å². The molecule has 0 amide bonds. The lowest BCUT2D eigenvalue weighted by molar-refractivity contribution is 0.399. The molecular weight excluding hydrogens is 319 g/mol. The van der Waals surface area contributed by atoms with Gasteiger partial charge in [-0.2, -0.15) is 0 Å².